The summed E-state index contributed by atoms with van der Waals surface area (Å²) in [6.07, 6.45) is 0. The topological polar surface area (TPSA) is 67.4 Å². The third-order valence-corrected chi connectivity index (χ3v) is 5.69. The molecule has 5 nitrogen and oxygen atoms in total. The van der Waals surface area contributed by atoms with Gasteiger partial charge in [0.1, 0.15) is 18.2 Å². The Bertz CT molecular complexity index is 1090. The average Bonchev–Trinajstić information content (AvgIpc) is 3.05. The molecule has 3 aromatic rings. The molecular weight excluding hydrogens is 450 g/mol. The van der Waals surface area contributed by atoms with Gasteiger partial charge in [0.15, 0.2) is 0 Å². The predicted octanol–water partition coefficient (Wildman–Crippen LogP) is 5.56. The molecule has 0 radical (unpaired) electrons. The fourth-order valence-electron chi connectivity index (χ4n) is 2.59. The third-order valence-electron chi connectivity index (χ3n) is 3.99. The molecule has 9 heteroatoms. The number of ether oxygens (including phenoxy) is 1. The van der Waals surface area contributed by atoms with Gasteiger partial charge in [-0.25, -0.2) is 4.39 Å². The van der Waals surface area contributed by atoms with Crippen molar-refractivity contribution in [1.29, 1.82) is 0 Å². The van der Waals surface area contributed by atoms with Crippen LogP contribution < -0.4 is 15.4 Å². The zero-order valence-corrected chi connectivity index (χ0v) is 18.1. The van der Waals surface area contributed by atoms with Crippen LogP contribution in [0.4, 0.5) is 9.39 Å². The molecule has 0 unspecified atom stereocenters. The lowest BCUT2D eigenvalue weighted by molar-refractivity contribution is 0.0949. The number of rotatable bonds is 7. The average molecular weight is 467 g/mol. The number of benzene rings is 2. The minimum Gasteiger partial charge on any atom is -0.492 e. The monoisotopic (exact) mass is 466 g/mol. The fraction of sp³-hybridized carbons (Fsp3) is 0.143. The molecule has 0 aliphatic rings. The summed E-state index contributed by atoms with van der Waals surface area (Å²) in [6, 6.07) is 12.2. The number of halogens is 3. The second-order valence-electron chi connectivity index (χ2n) is 6.26. The molecule has 30 heavy (non-hydrogen) atoms. The van der Waals surface area contributed by atoms with Crippen LogP contribution in [0.3, 0.4) is 0 Å². The van der Waals surface area contributed by atoms with E-state index in [1.54, 1.807) is 37.3 Å². The van der Waals surface area contributed by atoms with Crippen LogP contribution in [-0.2, 0) is 0 Å². The van der Waals surface area contributed by atoms with Gasteiger partial charge in [-0.1, -0.05) is 29.3 Å². The molecule has 1 aromatic heterocycles. The SMILES string of the molecule is Cc1cc(NC(=O)c2ccc(F)cc2Cl)sc1C(=O)NCCOc1cccc(Cl)c1. The van der Waals surface area contributed by atoms with E-state index >= 15 is 0 Å². The first-order valence-electron chi connectivity index (χ1n) is 8.87. The Labute approximate surface area is 186 Å². The molecule has 1 heterocycles. The Morgan fingerprint density at radius 1 is 1.10 bits per heavy atom. The van der Waals surface area contributed by atoms with Crippen molar-refractivity contribution >= 4 is 51.4 Å². The van der Waals surface area contributed by atoms with Crippen LogP contribution in [0.15, 0.2) is 48.5 Å². The third kappa shape index (κ3) is 5.72. The summed E-state index contributed by atoms with van der Waals surface area (Å²) >= 11 is 13.0. The van der Waals surface area contributed by atoms with E-state index in [4.69, 9.17) is 27.9 Å². The van der Waals surface area contributed by atoms with Crippen LogP contribution in [0.25, 0.3) is 0 Å². The number of hydrogen-bond donors (Lipinski definition) is 2. The van der Waals surface area contributed by atoms with Gasteiger partial charge < -0.3 is 15.4 Å². The van der Waals surface area contributed by atoms with Crippen molar-refractivity contribution in [2.24, 2.45) is 0 Å². The molecule has 0 fully saturated rings. The molecule has 0 spiro atoms. The van der Waals surface area contributed by atoms with E-state index in [0.717, 1.165) is 23.5 Å². The second kappa shape index (κ2) is 9.93. The molecule has 2 amide bonds. The highest BCUT2D eigenvalue weighted by Gasteiger charge is 2.17. The van der Waals surface area contributed by atoms with Gasteiger partial charge in [-0.15, -0.1) is 11.3 Å². The minimum atomic E-state index is -0.526. The smallest absolute Gasteiger partial charge is 0.261 e. The molecule has 2 aromatic carbocycles. The van der Waals surface area contributed by atoms with Crippen molar-refractivity contribution in [3.8, 4) is 5.75 Å². The van der Waals surface area contributed by atoms with Crippen molar-refractivity contribution < 1.29 is 18.7 Å². The summed E-state index contributed by atoms with van der Waals surface area (Å²) in [6.45, 7) is 2.35. The highest BCUT2D eigenvalue weighted by atomic mass is 35.5. The number of nitrogens with one attached hydrogen (secondary N) is 2. The number of amides is 2. The Balaban J connectivity index is 1.55. The highest BCUT2D eigenvalue weighted by molar-refractivity contribution is 7.18. The molecule has 2 N–H and O–H groups in total. The summed E-state index contributed by atoms with van der Waals surface area (Å²) in [5.74, 6) is -0.661. The van der Waals surface area contributed by atoms with Gasteiger partial charge in [-0.3, -0.25) is 9.59 Å². The fourth-order valence-corrected chi connectivity index (χ4v) is 4.01. The molecule has 156 valence electrons. The molecule has 0 aliphatic heterocycles. The zero-order valence-electron chi connectivity index (χ0n) is 15.8. The van der Waals surface area contributed by atoms with Crippen LogP contribution in [-0.4, -0.2) is 25.0 Å². The molecule has 0 bridgehead atoms. The standard InChI is InChI=1S/C21H17Cl2FN2O3S/c1-12-9-18(26-20(27)16-6-5-14(24)11-17(16)23)30-19(12)21(28)25-7-8-29-15-4-2-3-13(22)10-15/h2-6,9-11H,7-8H2,1H3,(H,25,28)(H,26,27). The molecule has 0 aliphatic carbocycles. The van der Waals surface area contributed by atoms with Crippen molar-refractivity contribution in [1.82, 2.24) is 5.32 Å². The van der Waals surface area contributed by atoms with E-state index in [0.29, 0.717) is 32.8 Å². The van der Waals surface area contributed by atoms with Gasteiger partial charge in [0, 0.05) is 5.02 Å². The molecule has 0 atom stereocenters. The van der Waals surface area contributed by atoms with E-state index < -0.39 is 11.7 Å². The van der Waals surface area contributed by atoms with Gasteiger partial charge in [0.05, 0.1) is 27.0 Å². The normalized spacial score (nSPS) is 10.5. The number of thiophene rings is 1. The number of carbonyl (C=O) groups is 2. The Hall–Kier alpha value is -2.61. The van der Waals surface area contributed by atoms with Crippen LogP contribution in [0.2, 0.25) is 10.0 Å². The van der Waals surface area contributed by atoms with Crippen molar-refractivity contribution in [3.63, 3.8) is 0 Å². The van der Waals surface area contributed by atoms with Crippen LogP contribution >= 0.6 is 34.5 Å². The van der Waals surface area contributed by atoms with Gasteiger partial charge in [0.2, 0.25) is 0 Å². The first kappa shape index (κ1) is 22.1. The summed E-state index contributed by atoms with van der Waals surface area (Å²) in [4.78, 5) is 25.3. The lowest BCUT2D eigenvalue weighted by Gasteiger charge is -2.07. The van der Waals surface area contributed by atoms with E-state index in [-0.39, 0.29) is 23.1 Å². The molecular formula is C21H17Cl2FN2O3S. The number of hydrogen-bond acceptors (Lipinski definition) is 4. The largest absolute Gasteiger partial charge is 0.492 e. The molecule has 0 saturated carbocycles. The maximum Gasteiger partial charge on any atom is 0.261 e. The first-order chi connectivity index (χ1) is 14.3. The number of anilines is 1. The highest BCUT2D eigenvalue weighted by Crippen LogP contribution is 2.28. The van der Waals surface area contributed by atoms with E-state index in [1.165, 1.54) is 6.07 Å². The Morgan fingerprint density at radius 3 is 2.63 bits per heavy atom. The van der Waals surface area contributed by atoms with E-state index in [9.17, 15) is 14.0 Å². The van der Waals surface area contributed by atoms with Crippen molar-refractivity contribution in [2.75, 3.05) is 18.5 Å². The van der Waals surface area contributed by atoms with Crippen LogP contribution in [0.1, 0.15) is 25.6 Å². The Morgan fingerprint density at radius 2 is 1.90 bits per heavy atom. The summed E-state index contributed by atoms with van der Waals surface area (Å²) in [5.41, 5.74) is 0.863. The molecule has 3 rings (SSSR count). The number of aryl methyl sites for hydroxylation is 1. The predicted molar refractivity (Wildman–Crippen MR) is 118 cm³/mol. The number of carbonyl (C=O) groups excluding carboxylic acids is 2. The van der Waals surface area contributed by atoms with Gasteiger partial charge >= 0.3 is 0 Å². The minimum absolute atomic E-state index is 0.0125. The van der Waals surface area contributed by atoms with Crippen LogP contribution in [0.5, 0.6) is 5.75 Å². The maximum atomic E-state index is 13.2. The van der Waals surface area contributed by atoms with E-state index in [2.05, 4.69) is 10.6 Å². The summed E-state index contributed by atoms with van der Waals surface area (Å²) in [7, 11) is 0. The van der Waals surface area contributed by atoms with Gasteiger partial charge in [-0.05, 0) is 55.0 Å². The second-order valence-corrected chi connectivity index (χ2v) is 8.16. The quantitative estimate of drug-likeness (QED) is 0.447. The lowest BCUT2D eigenvalue weighted by Crippen LogP contribution is -2.27. The van der Waals surface area contributed by atoms with Crippen molar-refractivity contribution in [2.45, 2.75) is 6.92 Å². The zero-order chi connectivity index (χ0) is 21.7. The lowest BCUT2D eigenvalue weighted by atomic mass is 10.2. The van der Waals surface area contributed by atoms with Crippen LogP contribution in [0, 0.1) is 12.7 Å². The van der Waals surface area contributed by atoms with Crippen molar-refractivity contribution in [3.05, 3.63) is 80.4 Å². The summed E-state index contributed by atoms with van der Waals surface area (Å²) < 4.78 is 18.7. The first-order valence-corrected chi connectivity index (χ1v) is 10.4. The van der Waals surface area contributed by atoms with E-state index in [1.807, 2.05) is 0 Å². The molecule has 0 saturated heterocycles. The summed E-state index contributed by atoms with van der Waals surface area (Å²) in [5, 5.41) is 6.53. The maximum absolute atomic E-state index is 13.2. The Kier molecular flexibility index (Phi) is 7.31. The van der Waals surface area contributed by atoms with Gasteiger partial charge in [0.25, 0.3) is 11.8 Å². The van der Waals surface area contributed by atoms with Gasteiger partial charge in [-0.2, -0.15) is 0 Å².